The van der Waals surface area contributed by atoms with Gasteiger partial charge in [0.25, 0.3) is 5.91 Å². The Morgan fingerprint density at radius 3 is 2.62 bits per heavy atom. The number of carboxylic acid groups (broad SMARTS) is 1. The molecule has 1 aromatic heterocycles. The number of aliphatic carboxylic acids is 1. The van der Waals surface area contributed by atoms with E-state index in [0.717, 1.165) is 4.47 Å². The molecule has 116 valence electrons. The van der Waals surface area contributed by atoms with Crippen LogP contribution in [0.4, 0.5) is 0 Å². The van der Waals surface area contributed by atoms with Crippen molar-refractivity contribution in [3.63, 3.8) is 0 Å². The van der Waals surface area contributed by atoms with Gasteiger partial charge in [-0.3, -0.25) is 9.59 Å². The first-order valence-electron chi connectivity index (χ1n) is 7.22. The quantitative estimate of drug-likeness (QED) is 0.904. The summed E-state index contributed by atoms with van der Waals surface area (Å²) in [7, 11) is 0. The molecule has 1 amide bonds. The zero-order chi connectivity index (χ0) is 15.7. The first kappa shape index (κ1) is 16.1. The molecule has 1 N–H and O–H groups in total. The molecule has 0 aliphatic carbocycles. The van der Waals surface area contributed by atoms with Gasteiger partial charge in [-0.25, -0.2) is 0 Å². The molecular formula is C15H21BrN2O3. The van der Waals surface area contributed by atoms with Crippen LogP contribution in [-0.2, 0) is 4.79 Å². The van der Waals surface area contributed by atoms with Crippen LogP contribution in [0.1, 0.15) is 50.1 Å². The molecule has 2 atom stereocenters. The van der Waals surface area contributed by atoms with E-state index in [1.54, 1.807) is 4.90 Å². The van der Waals surface area contributed by atoms with Crippen molar-refractivity contribution in [2.45, 2.75) is 45.7 Å². The summed E-state index contributed by atoms with van der Waals surface area (Å²) in [4.78, 5) is 25.6. The van der Waals surface area contributed by atoms with Crippen LogP contribution < -0.4 is 0 Å². The fraction of sp³-hybridized carbons (Fsp3) is 0.600. The summed E-state index contributed by atoms with van der Waals surface area (Å²) in [5.74, 6) is -1.12. The van der Waals surface area contributed by atoms with Gasteiger partial charge in [0.1, 0.15) is 5.69 Å². The lowest BCUT2D eigenvalue weighted by molar-refractivity contribution is -0.143. The molecule has 1 aliphatic rings. The number of carboxylic acids is 1. The lowest BCUT2D eigenvalue weighted by atomic mass is 9.91. The average molecular weight is 357 g/mol. The largest absolute Gasteiger partial charge is 0.481 e. The monoisotopic (exact) mass is 356 g/mol. The first-order valence-corrected chi connectivity index (χ1v) is 8.01. The second kappa shape index (κ2) is 6.22. The van der Waals surface area contributed by atoms with E-state index in [0.29, 0.717) is 25.1 Å². The second-order valence-electron chi connectivity index (χ2n) is 5.95. The maximum absolute atomic E-state index is 12.8. The number of hydrogen-bond donors (Lipinski definition) is 1. The number of carbonyl (C=O) groups is 2. The zero-order valence-corrected chi connectivity index (χ0v) is 14.1. The minimum absolute atomic E-state index is 0.0225. The second-order valence-corrected chi connectivity index (χ2v) is 6.87. The Hall–Kier alpha value is -1.30. The van der Waals surface area contributed by atoms with Gasteiger partial charge < -0.3 is 14.6 Å². The highest BCUT2D eigenvalue weighted by Gasteiger charge is 2.33. The third-order valence-corrected chi connectivity index (χ3v) is 4.51. The van der Waals surface area contributed by atoms with Crippen molar-refractivity contribution in [2.24, 2.45) is 5.92 Å². The Balaban J connectivity index is 2.19. The van der Waals surface area contributed by atoms with E-state index in [9.17, 15) is 9.59 Å². The van der Waals surface area contributed by atoms with Crippen LogP contribution in [0, 0.1) is 5.92 Å². The topological polar surface area (TPSA) is 62.5 Å². The fourth-order valence-electron chi connectivity index (χ4n) is 2.89. The molecular weight excluding hydrogens is 336 g/mol. The summed E-state index contributed by atoms with van der Waals surface area (Å²) in [5, 5.41) is 9.10. The van der Waals surface area contributed by atoms with Crippen LogP contribution in [0.15, 0.2) is 16.7 Å². The molecule has 0 spiro atoms. The predicted molar refractivity (Wildman–Crippen MR) is 83.4 cm³/mol. The number of piperidine rings is 1. The van der Waals surface area contributed by atoms with E-state index in [1.807, 2.05) is 37.6 Å². The number of halogens is 1. The van der Waals surface area contributed by atoms with Crippen molar-refractivity contribution in [1.29, 1.82) is 0 Å². The van der Waals surface area contributed by atoms with E-state index >= 15 is 0 Å². The normalized spacial score (nSPS) is 22.6. The molecule has 1 fully saturated rings. The van der Waals surface area contributed by atoms with Crippen LogP contribution in [-0.4, -0.2) is 39.0 Å². The number of carbonyl (C=O) groups excluding carboxylic acids is 1. The van der Waals surface area contributed by atoms with Gasteiger partial charge in [0.15, 0.2) is 0 Å². The number of aromatic nitrogens is 1. The van der Waals surface area contributed by atoms with E-state index < -0.39 is 5.97 Å². The molecule has 0 radical (unpaired) electrons. The van der Waals surface area contributed by atoms with E-state index in [4.69, 9.17) is 5.11 Å². The summed E-state index contributed by atoms with van der Waals surface area (Å²) < 4.78 is 2.83. The van der Waals surface area contributed by atoms with E-state index in [2.05, 4.69) is 15.9 Å². The molecule has 1 aliphatic heterocycles. The van der Waals surface area contributed by atoms with Crippen LogP contribution in [0.25, 0.3) is 0 Å². The van der Waals surface area contributed by atoms with Crippen molar-refractivity contribution in [1.82, 2.24) is 9.47 Å². The van der Waals surface area contributed by atoms with Crippen molar-refractivity contribution in [3.8, 4) is 0 Å². The summed E-state index contributed by atoms with van der Waals surface area (Å²) in [5.41, 5.74) is 0.650. The Morgan fingerprint density at radius 2 is 2.10 bits per heavy atom. The van der Waals surface area contributed by atoms with Gasteiger partial charge >= 0.3 is 5.97 Å². The lowest BCUT2D eigenvalue weighted by Crippen LogP contribution is -2.46. The third kappa shape index (κ3) is 3.31. The van der Waals surface area contributed by atoms with Crippen molar-refractivity contribution in [2.75, 3.05) is 6.54 Å². The standard InChI is InChI=1S/C15H21BrN2O3/c1-9(2)18-8-12(16)7-13(18)14(19)17-5-4-11(15(20)21)6-10(17)3/h7-11H,4-6H2,1-3H3,(H,20,21). The summed E-state index contributed by atoms with van der Waals surface area (Å²) in [6.07, 6.45) is 2.95. The SMILES string of the molecule is CC1CC(C(=O)O)CCN1C(=O)c1cc(Br)cn1C(C)C. The molecule has 2 unspecified atom stereocenters. The Morgan fingerprint density at radius 1 is 1.43 bits per heavy atom. The molecule has 5 nitrogen and oxygen atoms in total. The minimum atomic E-state index is -0.762. The van der Waals surface area contributed by atoms with Crippen molar-refractivity contribution >= 4 is 27.8 Å². The lowest BCUT2D eigenvalue weighted by Gasteiger charge is -2.36. The zero-order valence-electron chi connectivity index (χ0n) is 12.5. The molecule has 1 saturated heterocycles. The van der Waals surface area contributed by atoms with Gasteiger partial charge in [0.05, 0.1) is 5.92 Å². The highest BCUT2D eigenvalue weighted by Crippen LogP contribution is 2.27. The molecule has 0 aromatic carbocycles. The van der Waals surface area contributed by atoms with Gasteiger partial charge in [-0.15, -0.1) is 0 Å². The third-order valence-electron chi connectivity index (χ3n) is 4.08. The van der Waals surface area contributed by atoms with Crippen LogP contribution >= 0.6 is 15.9 Å². The molecule has 21 heavy (non-hydrogen) atoms. The molecule has 2 rings (SSSR count). The number of rotatable bonds is 3. The molecule has 2 heterocycles. The number of nitrogens with zero attached hydrogens (tertiary/aromatic N) is 2. The van der Waals surface area contributed by atoms with Gasteiger partial charge in [0.2, 0.25) is 0 Å². The summed E-state index contributed by atoms with van der Waals surface area (Å²) in [6.45, 7) is 6.48. The van der Waals surface area contributed by atoms with Crippen LogP contribution in [0.5, 0.6) is 0 Å². The maximum atomic E-state index is 12.8. The minimum Gasteiger partial charge on any atom is -0.481 e. The van der Waals surface area contributed by atoms with E-state index in [1.165, 1.54) is 0 Å². The highest BCUT2D eigenvalue weighted by molar-refractivity contribution is 9.10. The van der Waals surface area contributed by atoms with Crippen molar-refractivity contribution < 1.29 is 14.7 Å². The maximum Gasteiger partial charge on any atom is 0.306 e. The summed E-state index contributed by atoms with van der Waals surface area (Å²) in [6, 6.07) is 1.97. The number of hydrogen-bond acceptors (Lipinski definition) is 2. The first-order chi connectivity index (χ1) is 9.81. The predicted octanol–water partition coefficient (Wildman–Crippen LogP) is 3.16. The van der Waals surface area contributed by atoms with E-state index in [-0.39, 0.29) is 23.9 Å². The smallest absolute Gasteiger partial charge is 0.306 e. The summed E-state index contributed by atoms with van der Waals surface area (Å²) >= 11 is 3.42. The molecule has 6 heteroatoms. The highest BCUT2D eigenvalue weighted by atomic mass is 79.9. The van der Waals surface area contributed by atoms with Gasteiger partial charge in [-0.2, -0.15) is 0 Å². The number of likely N-dealkylation sites (tertiary alicyclic amines) is 1. The average Bonchev–Trinajstić information content (AvgIpc) is 2.80. The van der Waals surface area contributed by atoms with Crippen molar-refractivity contribution in [3.05, 3.63) is 22.4 Å². The van der Waals surface area contributed by atoms with Gasteiger partial charge in [-0.05, 0) is 55.6 Å². The Bertz CT molecular complexity index is 553. The van der Waals surface area contributed by atoms with Gasteiger partial charge in [-0.1, -0.05) is 0 Å². The molecule has 0 bridgehead atoms. The molecule has 1 aromatic rings. The van der Waals surface area contributed by atoms with Gasteiger partial charge in [0, 0.05) is 29.3 Å². The molecule has 0 saturated carbocycles. The Labute approximate surface area is 133 Å². The number of amides is 1. The Kier molecular flexibility index (Phi) is 4.76. The van der Waals surface area contributed by atoms with Crippen LogP contribution in [0.2, 0.25) is 0 Å². The van der Waals surface area contributed by atoms with Crippen LogP contribution in [0.3, 0.4) is 0 Å². The fourth-order valence-corrected chi connectivity index (χ4v) is 3.33.